The molecule has 0 rings (SSSR count). The van der Waals surface area contributed by atoms with Crippen LogP contribution in [0.25, 0.3) is 0 Å². The topological polar surface area (TPSA) is 65.3 Å². The fourth-order valence-corrected chi connectivity index (χ4v) is 0.996. The van der Waals surface area contributed by atoms with Gasteiger partial charge >= 0.3 is 0 Å². The summed E-state index contributed by atoms with van der Waals surface area (Å²) >= 11 is 9.64. The van der Waals surface area contributed by atoms with E-state index >= 15 is 0 Å². The van der Waals surface area contributed by atoms with Crippen LogP contribution >= 0.6 is 24.4 Å². The summed E-state index contributed by atoms with van der Waals surface area (Å²) in [6.07, 6.45) is 0. The van der Waals surface area contributed by atoms with Gasteiger partial charge in [-0.2, -0.15) is 0 Å². The molecule has 0 fully saturated rings. The van der Waals surface area contributed by atoms with Gasteiger partial charge < -0.3 is 5.73 Å². The maximum Gasteiger partial charge on any atom is 0.202 e. The second-order valence-corrected chi connectivity index (χ2v) is 3.00. The Kier molecular flexibility index (Phi) is 6.47. The third-order valence-electron chi connectivity index (χ3n) is 1.20. The van der Waals surface area contributed by atoms with E-state index in [0.29, 0.717) is 5.11 Å². The van der Waals surface area contributed by atoms with Gasteiger partial charge in [-0.3, -0.25) is 15.9 Å². The zero-order chi connectivity index (χ0) is 10.3. The molecule has 0 aromatic heterocycles. The lowest BCUT2D eigenvalue weighted by atomic mass is 10.7. The molecular weight excluding hydrogens is 206 g/mol. The average molecular weight is 221 g/mol. The number of nitrogens with two attached hydrogens (primary N) is 1. The van der Waals surface area contributed by atoms with Crippen LogP contribution in [-0.2, 0) is 0 Å². The first-order chi connectivity index (χ1) is 6.11. The molecule has 0 saturated carbocycles. The van der Waals surface area contributed by atoms with E-state index in [1.165, 1.54) is 0 Å². The summed E-state index contributed by atoms with van der Waals surface area (Å²) in [5.74, 6) is 0. The minimum atomic E-state index is 0.162. The van der Waals surface area contributed by atoms with Crippen LogP contribution in [0.15, 0.2) is 0 Å². The molecule has 0 amide bonds. The van der Waals surface area contributed by atoms with Gasteiger partial charge in [0.2, 0.25) is 5.11 Å². The highest BCUT2D eigenvalue weighted by Gasteiger charge is 2.04. The van der Waals surface area contributed by atoms with Gasteiger partial charge in [0.05, 0.1) is 0 Å². The number of nitrogens with zero attached hydrogens (tertiary/aromatic N) is 1. The van der Waals surface area contributed by atoms with Crippen molar-refractivity contribution in [3.8, 4) is 0 Å². The molecule has 0 saturated heterocycles. The zero-order valence-electron chi connectivity index (χ0n) is 7.76. The van der Waals surface area contributed by atoms with Crippen molar-refractivity contribution in [2.24, 2.45) is 5.73 Å². The molecule has 5 nitrogen and oxygen atoms in total. The smallest absolute Gasteiger partial charge is 0.202 e. The first-order valence-corrected chi connectivity index (χ1v) is 4.79. The Labute approximate surface area is 89.0 Å². The third kappa shape index (κ3) is 5.56. The summed E-state index contributed by atoms with van der Waals surface area (Å²) in [4.78, 5) is 0. The van der Waals surface area contributed by atoms with Crippen molar-refractivity contribution in [3.63, 3.8) is 0 Å². The van der Waals surface area contributed by atoms with Gasteiger partial charge in [-0.1, -0.05) is 6.92 Å². The Morgan fingerprint density at radius 2 is 1.92 bits per heavy atom. The molecule has 0 radical (unpaired) electrons. The molecule has 0 aliphatic rings. The molecule has 0 aromatic rings. The summed E-state index contributed by atoms with van der Waals surface area (Å²) in [7, 11) is 0. The molecule has 0 atom stereocenters. The van der Waals surface area contributed by atoms with Crippen LogP contribution in [0.4, 0.5) is 0 Å². The molecule has 7 heteroatoms. The van der Waals surface area contributed by atoms with E-state index in [9.17, 15) is 0 Å². The summed E-state index contributed by atoms with van der Waals surface area (Å²) in [5.41, 5.74) is 13.5. The lowest BCUT2D eigenvalue weighted by Crippen LogP contribution is -2.54. The zero-order valence-corrected chi connectivity index (χ0v) is 9.39. The molecule has 0 aliphatic heterocycles. The Morgan fingerprint density at radius 3 is 2.31 bits per heavy atom. The predicted molar refractivity (Wildman–Crippen MR) is 61.7 cm³/mol. The molecule has 76 valence electrons. The molecule has 13 heavy (non-hydrogen) atoms. The van der Waals surface area contributed by atoms with E-state index in [4.69, 9.17) is 18.0 Å². The first-order valence-electron chi connectivity index (χ1n) is 3.98. The first kappa shape index (κ1) is 12.3. The van der Waals surface area contributed by atoms with Crippen molar-refractivity contribution in [2.45, 2.75) is 13.8 Å². The van der Waals surface area contributed by atoms with E-state index in [1.54, 1.807) is 5.01 Å². The maximum atomic E-state index is 5.22. The van der Waals surface area contributed by atoms with Crippen molar-refractivity contribution in [1.29, 1.82) is 0 Å². The maximum absolute atomic E-state index is 5.22. The Balaban J connectivity index is 3.84. The average Bonchev–Trinajstić information content (AvgIpc) is 2.10. The number of thiocarbonyl (C=S) groups is 2. The number of hydrogen-bond acceptors (Lipinski definition) is 3. The number of hydrazine groups is 2. The van der Waals surface area contributed by atoms with Gasteiger partial charge in [0.1, 0.15) is 0 Å². The van der Waals surface area contributed by atoms with Gasteiger partial charge in [0, 0.05) is 13.1 Å². The second-order valence-electron chi connectivity index (χ2n) is 2.18. The quantitative estimate of drug-likeness (QED) is 0.377. The minimum absolute atomic E-state index is 0.162. The monoisotopic (exact) mass is 221 g/mol. The van der Waals surface area contributed by atoms with Crippen LogP contribution in [0.3, 0.4) is 0 Å². The third-order valence-corrected chi connectivity index (χ3v) is 1.63. The molecule has 0 spiro atoms. The van der Waals surface area contributed by atoms with Crippen molar-refractivity contribution in [2.75, 3.05) is 13.1 Å². The van der Waals surface area contributed by atoms with Crippen molar-refractivity contribution in [1.82, 2.24) is 21.3 Å². The standard InChI is InChI=1S/C6H15N5S2/c1-3-8-11(4-2)6(13)10-9-5(7)12/h8H,3-4H2,1-2H3,(H,10,13)(H3,7,9,12). The van der Waals surface area contributed by atoms with E-state index in [1.807, 2.05) is 13.8 Å². The predicted octanol–water partition coefficient (Wildman–Crippen LogP) is -0.544. The van der Waals surface area contributed by atoms with Crippen molar-refractivity contribution >= 4 is 34.7 Å². The van der Waals surface area contributed by atoms with E-state index in [0.717, 1.165) is 13.1 Å². The van der Waals surface area contributed by atoms with Crippen LogP contribution in [0.2, 0.25) is 0 Å². The molecule has 0 aliphatic carbocycles. The minimum Gasteiger partial charge on any atom is -0.375 e. The molecule has 0 heterocycles. The van der Waals surface area contributed by atoms with E-state index in [-0.39, 0.29) is 5.11 Å². The Morgan fingerprint density at radius 1 is 1.31 bits per heavy atom. The number of hydrogen-bond donors (Lipinski definition) is 4. The van der Waals surface area contributed by atoms with Crippen molar-refractivity contribution in [3.05, 3.63) is 0 Å². The SMILES string of the molecule is CCNN(CC)C(=S)NNC(N)=S. The summed E-state index contributed by atoms with van der Waals surface area (Å²) in [6, 6.07) is 0. The second kappa shape index (κ2) is 6.81. The summed E-state index contributed by atoms with van der Waals surface area (Å²) in [6.45, 7) is 5.55. The van der Waals surface area contributed by atoms with Crippen LogP contribution < -0.4 is 22.0 Å². The molecule has 0 bridgehead atoms. The number of rotatable bonds is 3. The number of nitrogens with one attached hydrogen (secondary N) is 3. The van der Waals surface area contributed by atoms with Crippen LogP contribution in [0.5, 0.6) is 0 Å². The van der Waals surface area contributed by atoms with Crippen LogP contribution in [0, 0.1) is 0 Å². The van der Waals surface area contributed by atoms with Gasteiger partial charge in [-0.25, -0.2) is 5.43 Å². The van der Waals surface area contributed by atoms with Gasteiger partial charge in [0.15, 0.2) is 5.11 Å². The Hall–Kier alpha value is -0.660. The lowest BCUT2D eigenvalue weighted by Gasteiger charge is -2.24. The molecule has 5 N–H and O–H groups in total. The summed E-state index contributed by atoms with van der Waals surface area (Å²) in [5, 5.41) is 2.45. The van der Waals surface area contributed by atoms with Gasteiger partial charge in [-0.05, 0) is 31.4 Å². The van der Waals surface area contributed by atoms with Gasteiger partial charge in [-0.15, -0.1) is 0 Å². The highest BCUT2D eigenvalue weighted by atomic mass is 32.1. The Bertz CT molecular complexity index is 184. The molecular formula is C6H15N5S2. The lowest BCUT2D eigenvalue weighted by molar-refractivity contribution is 0.324. The van der Waals surface area contributed by atoms with E-state index < -0.39 is 0 Å². The van der Waals surface area contributed by atoms with E-state index in [2.05, 4.69) is 28.5 Å². The molecule has 0 unspecified atom stereocenters. The van der Waals surface area contributed by atoms with Crippen LogP contribution in [0.1, 0.15) is 13.8 Å². The van der Waals surface area contributed by atoms with Crippen LogP contribution in [-0.4, -0.2) is 28.3 Å². The normalized spacial score (nSPS) is 9.08. The highest BCUT2D eigenvalue weighted by molar-refractivity contribution is 7.80. The highest BCUT2D eigenvalue weighted by Crippen LogP contribution is 1.82. The summed E-state index contributed by atoms with van der Waals surface area (Å²) < 4.78 is 0. The largest absolute Gasteiger partial charge is 0.375 e. The van der Waals surface area contributed by atoms with Gasteiger partial charge in [0.25, 0.3) is 0 Å². The fourth-order valence-electron chi connectivity index (χ4n) is 0.701. The fraction of sp³-hybridized carbons (Fsp3) is 0.667. The van der Waals surface area contributed by atoms with Crippen molar-refractivity contribution < 1.29 is 0 Å². The molecule has 0 aromatic carbocycles.